The number of carbonyl (C=O) groups excluding carboxylic acids is 1. The summed E-state index contributed by atoms with van der Waals surface area (Å²) in [7, 11) is 0. The summed E-state index contributed by atoms with van der Waals surface area (Å²) >= 11 is 0. The van der Waals surface area contributed by atoms with Gasteiger partial charge in [0.25, 0.3) is 0 Å². The molecule has 2 atom stereocenters. The average molecular weight is 499 g/mol. The summed E-state index contributed by atoms with van der Waals surface area (Å²) in [5.41, 5.74) is 4.15. The van der Waals surface area contributed by atoms with Gasteiger partial charge in [-0.2, -0.15) is 13.2 Å². The van der Waals surface area contributed by atoms with E-state index in [2.05, 4.69) is 21.2 Å². The molecule has 1 aliphatic rings. The second-order valence-electron chi connectivity index (χ2n) is 9.45. The van der Waals surface area contributed by atoms with Crippen molar-refractivity contribution < 1.29 is 32.2 Å². The van der Waals surface area contributed by atoms with E-state index < -0.39 is 18.7 Å². The van der Waals surface area contributed by atoms with Crippen molar-refractivity contribution in [3.05, 3.63) is 46.2 Å². The van der Waals surface area contributed by atoms with Gasteiger partial charge in [-0.25, -0.2) is 4.79 Å². The molecule has 3 rings (SSSR count). The largest absolute Gasteiger partial charge is 0.447 e. The van der Waals surface area contributed by atoms with Crippen molar-refractivity contribution in [2.45, 2.75) is 78.4 Å². The summed E-state index contributed by atoms with van der Waals surface area (Å²) in [6.07, 6.45) is -8.23. The summed E-state index contributed by atoms with van der Waals surface area (Å²) in [5.74, 6) is -0.0573. The molecular formula is C24H33F3N4O4. The number of amides is 1. The van der Waals surface area contributed by atoms with Crippen LogP contribution in [0.3, 0.4) is 0 Å². The van der Waals surface area contributed by atoms with Crippen LogP contribution in [0.1, 0.15) is 54.8 Å². The van der Waals surface area contributed by atoms with Crippen molar-refractivity contribution in [2.24, 2.45) is 0 Å². The number of benzene rings is 1. The number of nitrogens with zero attached hydrogens (tertiary/aromatic N) is 4. The van der Waals surface area contributed by atoms with Gasteiger partial charge in [-0.1, -0.05) is 17.7 Å². The number of hydrogen-bond donors (Lipinski definition) is 1. The van der Waals surface area contributed by atoms with Crippen molar-refractivity contribution >= 4 is 6.09 Å². The van der Waals surface area contributed by atoms with Gasteiger partial charge in [-0.15, -0.1) is 10.2 Å². The number of piperazine rings is 1. The Hall–Kier alpha value is -2.66. The van der Waals surface area contributed by atoms with Gasteiger partial charge in [0.05, 0.1) is 18.9 Å². The molecule has 1 aromatic carbocycles. The first-order valence-electron chi connectivity index (χ1n) is 11.7. The number of halogens is 3. The number of rotatable bonds is 7. The summed E-state index contributed by atoms with van der Waals surface area (Å²) in [6.45, 7) is 12.4. The molecule has 8 nitrogen and oxygen atoms in total. The maximum atomic E-state index is 12.6. The second kappa shape index (κ2) is 10.9. The summed E-state index contributed by atoms with van der Waals surface area (Å²) in [5, 5.41) is 16.7. The van der Waals surface area contributed by atoms with Crippen LogP contribution in [0.5, 0.6) is 0 Å². The van der Waals surface area contributed by atoms with E-state index in [0.717, 1.165) is 28.8 Å². The van der Waals surface area contributed by atoms with E-state index in [0.29, 0.717) is 19.6 Å². The SMILES string of the molecule is Cc1cc(Cc2nnc(C[C@@H](O)C(F)(F)F)o2)c(C)c(CN2CCN(C(=O)OC(C)C)[C@@H](C)C2)c1. The van der Waals surface area contributed by atoms with Crippen LogP contribution in [-0.4, -0.2) is 75.3 Å². The molecule has 1 N–H and O–H groups in total. The van der Waals surface area contributed by atoms with Gasteiger partial charge in [0, 0.05) is 32.2 Å². The van der Waals surface area contributed by atoms with Gasteiger partial charge in [0.2, 0.25) is 11.8 Å². The Morgan fingerprint density at radius 2 is 1.86 bits per heavy atom. The smallest absolute Gasteiger partial charge is 0.414 e. The van der Waals surface area contributed by atoms with Crippen molar-refractivity contribution in [2.75, 3.05) is 19.6 Å². The van der Waals surface area contributed by atoms with E-state index in [1.807, 2.05) is 40.7 Å². The van der Waals surface area contributed by atoms with E-state index >= 15 is 0 Å². The molecule has 0 spiro atoms. The zero-order chi connectivity index (χ0) is 25.9. The Morgan fingerprint density at radius 1 is 1.20 bits per heavy atom. The van der Waals surface area contributed by atoms with Gasteiger partial charge in [-0.05, 0) is 51.3 Å². The highest BCUT2D eigenvalue weighted by Gasteiger charge is 2.39. The lowest BCUT2D eigenvalue weighted by Gasteiger charge is -2.39. The highest BCUT2D eigenvalue weighted by Crippen LogP contribution is 2.25. The average Bonchev–Trinajstić information content (AvgIpc) is 3.17. The third-order valence-corrected chi connectivity index (χ3v) is 6.04. The first-order valence-corrected chi connectivity index (χ1v) is 11.7. The van der Waals surface area contributed by atoms with Crippen molar-refractivity contribution in [3.63, 3.8) is 0 Å². The molecular weight excluding hydrogens is 465 g/mol. The van der Waals surface area contributed by atoms with Crippen LogP contribution in [0.15, 0.2) is 16.5 Å². The lowest BCUT2D eigenvalue weighted by Crippen LogP contribution is -2.54. The van der Waals surface area contributed by atoms with Crippen LogP contribution in [-0.2, 0) is 24.1 Å². The van der Waals surface area contributed by atoms with Crippen LogP contribution >= 0.6 is 0 Å². The Balaban J connectivity index is 1.66. The quantitative estimate of drug-likeness (QED) is 0.621. The first-order chi connectivity index (χ1) is 16.3. The Bertz CT molecular complexity index is 1020. The molecule has 1 fully saturated rings. The van der Waals surface area contributed by atoms with Gasteiger partial charge >= 0.3 is 12.3 Å². The molecule has 0 aliphatic carbocycles. The molecule has 1 saturated heterocycles. The fourth-order valence-electron chi connectivity index (χ4n) is 4.21. The molecule has 1 aromatic heterocycles. The number of ether oxygens (including phenoxy) is 1. The van der Waals surface area contributed by atoms with Crippen molar-refractivity contribution in [1.29, 1.82) is 0 Å². The maximum absolute atomic E-state index is 12.6. The minimum atomic E-state index is -4.74. The maximum Gasteiger partial charge on any atom is 0.414 e. The molecule has 0 saturated carbocycles. The summed E-state index contributed by atoms with van der Waals surface area (Å²) in [6, 6.07) is 4.13. The van der Waals surface area contributed by atoms with Gasteiger partial charge < -0.3 is 19.2 Å². The molecule has 1 aliphatic heterocycles. The molecule has 0 unspecified atom stereocenters. The predicted molar refractivity (Wildman–Crippen MR) is 122 cm³/mol. The van der Waals surface area contributed by atoms with E-state index in [1.54, 1.807) is 4.90 Å². The Kier molecular flexibility index (Phi) is 8.42. The highest BCUT2D eigenvalue weighted by molar-refractivity contribution is 5.68. The second-order valence-corrected chi connectivity index (χ2v) is 9.45. The van der Waals surface area contributed by atoms with Crippen LogP contribution in [0.4, 0.5) is 18.0 Å². The monoisotopic (exact) mass is 498 g/mol. The molecule has 194 valence electrons. The van der Waals surface area contributed by atoms with E-state index in [9.17, 15) is 23.1 Å². The normalized spacial score (nSPS) is 18.2. The van der Waals surface area contributed by atoms with Gasteiger partial charge in [-0.3, -0.25) is 4.90 Å². The fraction of sp³-hybridized carbons (Fsp3) is 0.625. The van der Waals surface area contributed by atoms with E-state index in [1.165, 1.54) is 0 Å². The minimum absolute atomic E-state index is 0.0171. The van der Waals surface area contributed by atoms with E-state index in [4.69, 9.17) is 9.15 Å². The number of aryl methyl sites for hydroxylation is 1. The molecule has 2 aromatic rings. The number of hydrogen-bond acceptors (Lipinski definition) is 7. The van der Waals surface area contributed by atoms with Crippen LogP contribution in [0, 0.1) is 13.8 Å². The Labute approximate surface area is 203 Å². The standard InChI is InChI=1S/C24H33F3N4O4/c1-14(2)34-23(33)31-7-6-30(12-16(31)4)13-19-9-15(3)8-18(17(19)5)10-21-28-29-22(35-21)11-20(32)24(25,26)27/h8-9,14,16,20,32H,6-7,10-13H2,1-5H3/t16-,20+/m0/s1. The lowest BCUT2D eigenvalue weighted by molar-refractivity contribution is -0.204. The third-order valence-electron chi connectivity index (χ3n) is 6.04. The van der Waals surface area contributed by atoms with E-state index in [-0.39, 0.29) is 36.4 Å². The summed E-state index contributed by atoms with van der Waals surface area (Å²) in [4.78, 5) is 16.4. The molecule has 1 amide bonds. The van der Waals surface area contributed by atoms with Crippen LogP contribution in [0.25, 0.3) is 0 Å². The number of aliphatic hydroxyl groups excluding tert-OH is 1. The molecule has 2 heterocycles. The summed E-state index contributed by atoms with van der Waals surface area (Å²) < 4.78 is 48.5. The van der Waals surface area contributed by atoms with Gasteiger partial charge in [0.1, 0.15) is 0 Å². The van der Waals surface area contributed by atoms with Crippen LogP contribution < -0.4 is 0 Å². The van der Waals surface area contributed by atoms with Crippen molar-refractivity contribution in [3.8, 4) is 0 Å². The molecule has 0 radical (unpaired) electrons. The molecule has 0 bridgehead atoms. The molecule has 35 heavy (non-hydrogen) atoms. The first kappa shape index (κ1) is 26.9. The zero-order valence-corrected chi connectivity index (χ0v) is 20.7. The number of aliphatic hydroxyl groups is 1. The highest BCUT2D eigenvalue weighted by atomic mass is 19.4. The number of carbonyl (C=O) groups is 1. The fourth-order valence-corrected chi connectivity index (χ4v) is 4.21. The molecule has 11 heteroatoms. The Morgan fingerprint density at radius 3 is 2.49 bits per heavy atom. The topological polar surface area (TPSA) is 91.9 Å². The zero-order valence-electron chi connectivity index (χ0n) is 20.7. The number of aromatic nitrogens is 2. The predicted octanol–water partition coefficient (Wildman–Crippen LogP) is 3.79. The number of alkyl halides is 3. The third kappa shape index (κ3) is 7.17. The van der Waals surface area contributed by atoms with Crippen molar-refractivity contribution in [1.82, 2.24) is 20.0 Å². The van der Waals surface area contributed by atoms with Crippen LogP contribution in [0.2, 0.25) is 0 Å². The lowest BCUT2D eigenvalue weighted by atomic mass is 9.96. The minimum Gasteiger partial charge on any atom is -0.447 e. The van der Waals surface area contributed by atoms with Gasteiger partial charge in [0.15, 0.2) is 6.10 Å².